The van der Waals surface area contributed by atoms with Crippen LogP contribution in [0.3, 0.4) is 0 Å². The second-order valence-corrected chi connectivity index (χ2v) is 7.47. The Morgan fingerprint density at radius 1 is 0.871 bits per heavy atom. The van der Waals surface area contributed by atoms with Gasteiger partial charge in [0.25, 0.3) is 5.91 Å². The van der Waals surface area contributed by atoms with Crippen LogP contribution in [0.5, 0.6) is 11.5 Å². The fourth-order valence-corrected chi connectivity index (χ4v) is 3.46. The smallest absolute Gasteiger partial charge is 0.254 e. The number of amides is 1. The molecule has 0 N–H and O–H groups in total. The first-order chi connectivity index (χ1) is 15.1. The van der Waals surface area contributed by atoms with Gasteiger partial charge in [0.2, 0.25) is 0 Å². The molecular weight excluding hydrogens is 386 g/mol. The molecule has 0 aliphatic rings. The number of methoxy groups -OCH3 is 2. The molecule has 3 aromatic carbocycles. The van der Waals surface area contributed by atoms with E-state index in [2.05, 4.69) is 37.3 Å². The van der Waals surface area contributed by atoms with E-state index in [-0.39, 0.29) is 5.91 Å². The highest BCUT2D eigenvalue weighted by atomic mass is 16.5. The number of hydrogen-bond donors (Lipinski definition) is 0. The van der Waals surface area contributed by atoms with E-state index in [9.17, 15) is 4.79 Å². The lowest BCUT2D eigenvalue weighted by Crippen LogP contribution is -2.34. The lowest BCUT2D eigenvalue weighted by atomic mass is 10.1. The second-order valence-electron chi connectivity index (χ2n) is 7.47. The van der Waals surface area contributed by atoms with Gasteiger partial charge in [-0.1, -0.05) is 72.3 Å². The minimum absolute atomic E-state index is 0.0473. The predicted octanol–water partition coefficient (Wildman–Crippen LogP) is 5.49. The third kappa shape index (κ3) is 6.48. The largest absolute Gasteiger partial charge is 0.497 e. The average molecular weight is 416 g/mol. The van der Waals surface area contributed by atoms with Crippen LogP contribution in [0.25, 0.3) is 6.08 Å². The highest BCUT2D eigenvalue weighted by molar-refractivity contribution is 5.95. The Kier molecular flexibility index (Phi) is 7.88. The highest BCUT2D eigenvalue weighted by Gasteiger charge is 2.18. The number of rotatable bonds is 9. The van der Waals surface area contributed by atoms with Crippen LogP contribution in [-0.2, 0) is 6.42 Å². The first kappa shape index (κ1) is 22.2. The van der Waals surface area contributed by atoms with Crippen molar-refractivity contribution in [3.63, 3.8) is 0 Å². The normalized spacial score (nSPS) is 11.1. The highest BCUT2D eigenvalue weighted by Crippen LogP contribution is 2.24. The van der Waals surface area contributed by atoms with Gasteiger partial charge in [-0.05, 0) is 36.6 Å². The zero-order valence-corrected chi connectivity index (χ0v) is 18.4. The molecule has 0 unspecified atom stereocenters. The summed E-state index contributed by atoms with van der Waals surface area (Å²) in [6.07, 6.45) is 2.90. The van der Waals surface area contributed by atoms with E-state index in [1.165, 1.54) is 5.56 Å². The maximum Gasteiger partial charge on any atom is 0.254 e. The van der Waals surface area contributed by atoms with Crippen molar-refractivity contribution in [2.24, 2.45) is 0 Å². The fraction of sp³-hybridized carbons (Fsp3) is 0.222. The Hall–Kier alpha value is -3.53. The number of carbonyl (C=O) groups excluding carboxylic acids is 1. The summed E-state index contributed by atoms with van der Waals surface area (Å²) >= 11 is 0. The lowest BCUT2D eigenvalue weighted by Gasteiger charge is -2.24. The third-order valence-corrected chi connectivity index (χ3v) is 5.05. The van der Waals surface area contributed by atoms with Gasteiger partial charge >= 0.3 is 0 Å². The van der Waals surface area contributed by atoms with Crippen molar-refractivity contribution in [3.8, 4) is 11.5 Å². The Labute approximate surface area is 184 Å². The van der Waals surface area contributed by atoms with Crippen molar-refractivity contribution >= 4 is 12.0 Å². The number of hydrogen-bond acceptors (Lipinski definition) is 3. The number of benzene rings is 3. The first-order valence-corrected chi connectivity index (χ1v) is 10.4. The van der Waals surface area contributed by atoms with Crippen LogP contribution >= 0.6 is 0 Å². The zero-order chi connectivity index (χ0) is 22.1. The predicted molar refractivity (Wildman–Crippen MR) is 126 cm³/mol. The van der Waals surface area contributed by atoms with Gasteiger partial charge < -0.3 is 14.4 Å². The minimum atomic E-state index is -0.0473. The van der Waals surface area contributed by atoms with E-state index in [0.29, 0.717) is 30.2 Å². The molecule has 3 aromatic rings. The van der Waals surface area contributed by atoms with Crippen molar-refractivity contribution in [1.82, 2.24) is 4.90 Å². The number of nitrogens with zero attached hydrogens (tertiary/aromatic N) is 1. The minimum Gasteiger partial charge on any atom is -0.497 e. The molecule has 0 radical (unpaired) electrons. The molecule has 0 heterocycles. The van der Waals surface area contributed by atoms with Crippen molar-refractivity contribution in [2.45, 2.75) is 13.3 Å². The summed E-state index contributed by atoms with van der Waals surface area (Å²) in [4.78, 5) is 15.4. The Morgan fingerprint density at radius 2 is 1.45 bits per heavy atom. The summed E-state index contributed by atoms with van der Waals surface area (Å²) in [7, 11) is 3.17. The molecular formula is C27H29NO3. The summed E-state index contributed by atoms with van der Waals surface area (Å²) in [5.74, 6) is 1.15. The van der Waals surface area contributed by atoms with Crippen LogP contribution in [0.4, 0.5) is 0 Å². The molecule has 31 heavy (non-hydrogen) atoms. The molecule has 1 amide bonds. The lowest BCUT2D eigenvalue weighted by molar-refractivity contribution is 0.0771. The first-order valence-electron chi connectivity index (χ1n) is 10.4. The molecule has 0 aliphatic carbocycles. The fourth-order valence-electron chi connectivity index (χ4n) is 3.46. The van der Waals surface area contributed by atoms with Crippen molar-refractivity contribution < 1.29 is 14.3 Å². The van der Waals surface area contributed by atoms with E-state index in [4.69, 9.17) is 9.47 Å². The van der Waals surface area contributed by atoms with Crippen LogP contribution in [0, 0.1) is 0 Å². The molecule has 0 aromatic heterocycles. The topological polar surface area (TPSA) is 38.8 Å². The van der Waals surface area contributed by atoms with E-state index >= 15 is 0 Å². The summed E-state index contributed by atoms with van der Waals surface area (Å²) in [6, 6.07) is 25.7. The summed E-state index contributed by atoms with van der Waals surface area (Å²) in [5.41, 5.74) is 3.99. The second kappa shape index (κ2) is 11.0. The van der Waals surface area contributed by atoms with Gasteiger partial charge in [0.05, 0.1) is 14.2 Å². The Bertz CT molecular complexity index is 991. The van der Waals surface area contributed by atoms with E-state index in [0.717, 1.165) is 17.6 Å². The van der Waals surface area contributed by atoms with Gasteiger partial charge in [-0.3, -0.25) is 4.79 Å². The van der Waals surface area contributed by atoms with E-state index in [1.807, 2.05) is 41.3 Å². The summed E-state index contributed by atoms with van der Waals surface area (Å²) < 4.78 is 10.7. The van der Waals surface area contributed by atoms with Crippen LogP contribution < -0.4 is 9.47 Å². The van der Waals surface area contributed by atoms with E-state index < -0.39 is 0 Å². The molecule has 0 aliphatic heterocycles. The maximum atomic E-state index is 13.5. The summed E-state index contributed by atoms with van der Waals surface area (Å²) in [6.45, 7) is 3.21. The molecule has 160 valence electrons. The van der Waals surface area contributed by atoms with Gasteiger partial charge in [-0.15, -0.1) is 0 Å². The SMILES string of the molecule is COc1cc(OC)cc(C(=O)N(CCc2ccccc2)C/C(C)=C/c2ccccc2)c1. The van der Waals surface area contributed by atoms with Gasteiger partial charge in [0.1, 0.15) is 11.5 Å². The van der Waals surface area contributed by atoms with Gasteiger partial charge in [0.15, 0.2) is 0 Å². The molecule has 0 fully saturated rings. The van der Waals surface area contributed by atoms with Crippen LogP contribution in [0.15, 0.2) is 84.4 Å². The van der Waals surface area contributed by atoms with Crippen molar-refractivity contribution in [3.05, 3.63) is 101 Å². The molecule has 0 atom stereocenters. The molecule has 0 bridgehead atoms. The maximum absolute atomic E-state index is 13.5. The molecule has 0 spiro atoms. The van der Waals surface area contributed by atoms with Crippen molar-refractivity contribution in [1.29, 1.82) is 0 Å². The van der Waals surface area contributed by atoms with Gasteiger partial charge in [-0.2, -0.15) is 0 Å². The number of carbonyl (C=O) groups is 1. The van der Waals surface area contributed by atoms with E-state index in [1.54, 1.807) is 32.4 Å². The molecule has 0 saturated carbocycles. The Morgan fingerprint density at radius 3 is 2.03 bits per heavy atom. The van der Waals surface area contributed by atoms with Gasteiger partial charge in [0, 0.05) is 24.7 Å². The molecule has 0 saturated heterocycles. The third-order valence-electron chi connectivity index (χ3n) is 5.05. The number of ether oxygens (including phenoxy) is 2. The monoisotopic (exact) mass is 415 g/mol. The quantitative estimate of drug-likeness (QED) is 0.464. The molecule has 3 rings (SSSR count). The molecule has 4 heteroatoms. The van der Waals surface area contributed by atoms with Crippen molar-refractivity contribution in [2.75, 3.05) is 27.3 Å². The van der Waals surface area contributed by atoms with Gasteiger partial charge in [-0.25, -0.2) is 0 Å². The van der Waals surface area contributed by atoms with Crippen LogP contribution in [0.1, 0.15) is 28.4 Å². The summed E-state index contributed by atoms with van der Waals surface area (Å²) in [5, 5.41) is 0. The average Bonchev–Trinajstić information content (AvgIpc) is 2.82. The molecule has 4 nitrogen and oxygen atoms in total. The standard InChI is InChI=1S/C27H29NO3/c1-21(16-23-12-8-5-9-13-23)20-28(15-14-22-10-6-4-7-11-22)27(29)24-17-25(30-2)19-26(18-24)31-3/h4-13,16-19H,14-15,20H2,1-3H3/b21-16+. The zero-order valence-electron chi connectivity index (χ0n) is 18.4. The Balaban J connectivity index is 1.85. The van der Waals surface area contributed by atoms with Crippen LogP contribution in [-0.4, -0.2) is 38.1 Å². The van der Waals surface area contributed by atoms with Crippen LogP contribution in [0.2, 0.25) is 0 Å².